The van der Waals surface area contributed by atoms with Crippen molar-refractivity contribution in [2.45, 2.75) is 32.4 Å². The van der Waals surface area contributed by atoms with Crippen molar-refractivity contribution >= 4 is 28.6 Å². The van der Waals surface area contributed by atoms with Gasteiger partial charge in [-0.25, -0.2) is 4.98 Å². The van der Waals surface area contributed by atoms with Gasteiger partial charge in [0.1, 0.15) is 11.9 Å². The smallest absolute Gasteiger partial charge is 0.306 e. The van der Waals surface area contributed by atoms with E-state index in [-0.39, 0.29) is 12.5 Å². The van der Waals surface area contributed by atoms with Gasteiger partial charge in [0.15, 0.2) is 0 Å². The Kier molecular flexibility index (Phi) is 3.78. The summed E-state index contributed by atoms with van der Waals surface area (Å²) >= 11 is 5.92. The second kappa shape index (κ2) is 5.19. The van der Waals surface area contributed by atoms with Crippen molar-refractivity contribution in [3.05, 3.63) is 29.0 Å². The lowest BCUT2D eigenvalue weighted by molar-refractivity contribution is -0.139. The van der Waals surface area contributed by atoms with E-state index in [0.717, 1.165) is 5.52 Å². The molecule has 19 heavy (non-hydrogen) atoms. The van der Waals surface area contributed by atoms with Crippen LogP contribution in [0.2, 0.25) is 5.02 Å². The van der Waals surface area contributed by atoms with Gasteiger partial charge in [-0.05, 0) is 32.0 Å². The first-order chi connectivity index (χ1) is 8.90. The number of rotatable bonds is 4. The summed E-state index contributed by atoms with van der Waals surface area (Å²) in [6.45, 7) is 3.90. The number of imidazole rings is 1. The van der Waals surface area contributed by atoms with Gasteiger partial charge in [-0.1, -0.05) is 11.6 Å². The van der Waals surface area contributed by atoms with Gasteiger partial charge >= 0.3 is 5.97 Å². The van der Waals surface area contributed by atoms with Crippen LogP contribution in [0.4, 0.5) is 0 Å². The number of halogens is 1. The lowest BCUT2D eigenvalue weighted by Crippen LogP contribution is -2.13. The highest BCUT2D eigenvalue weighted by molar-refractivity contribution is 6.31. The minimum atomic E-state index is -1.13. The normalized spacial score (nSPS) is 13.1. The Morgan fingerprint density at radius 3 is 2.74 bits per heavy atom. The number of aliphatic hydroxyl groups is 1. The maximum atomic E-state index is 10.7. The zero-order valence-electron chi connectivity index (χ0n) is 10.7. The molecule has 0 saturated carbocycles. The molecule has 2 N–H and O–H groups in total. The molecule has 0 aliphatic carbocycles. The fourth-order valence-electron chi connectivity index (χ4n) is 2.12. The fourth-order valence-corrected chi connectivity index (χ4v) is 2.29. The molecule has 0 amide bonds. The Morgan fingerprint density at radius 1 is 1.47 bits per heavy atom. The first-order valence-electron chi connectivity index (χ1n) is 5.97. The largest absolute Gasteiger partial charge is 0.481 e. The van der Waals surface area contributed by atoms with E-state index in [1.54, 1.807) is 12.1 Å². The molecule has 2 aromatic rings. The second-order valence-corrected chi connectivity index (χ2v) is 5.12. The number of hydrogen-bond acceptors (Lipinski definition) is 3. The van der Waals surface area contributed by atoms with Crippen LogP contribution in [0.15, 0.2) is 18.2 Å². The van der Waals surface area contributed by atoms with Crippen LogP contribution in [0.25, 0.3) is 11.0 Å². The molecule has 0 aliphatic heterocycles. The fraction of sp³-hybridized carbons (Fsp3) is 0.385. The van der Waals surface area contributed by atoms with Gasteiger partial charge in [0.2, 0.25) is 0 Å². The molecule has 1 heterocycles. The summed E-state index contributed by atoms with van der Waals surface area (Å²) < 4.78 is 1.83. The number of benzene rings is 1. The van der Waals surface area contributed by atoms with Crippen molar-refractivity contribution in [2.75, 3.05) is 0 Å². The van der Waals surface area contributed by atoms with E-state index >= 15 is 0 Å². The summed E-state index contributed by atoms with van der Waals surface area (Å²) in [5.74, 6) is -0.706. The zero-order valence-corrected chi connectivity index (χ0v) is 11.4. The van der Waals surface area contributed by atoms with Crippen molar-refractivity contribution < 1.29 is 15.0 Å². The topological polar surface area (TPSA) is 75.4 Å². The highest BCUT2D eigenvalue weighted by Crippen LogP contribution is 2.28. The van der Waals surface area contributed by atoms with Gasteiger partial charge in [0, 0.05) is 11.1 Å². The van der Waals surface area contributed by atoms with Crippen molar-refractivity contribution in [1.82, 2.24) is 9.55 Å². The van der Waals surface area contributed by atoms with E-state index in [9.17, 15) is 9.90 Å². The molecule has 6 heteroatoms. The molecule has 1 atom stereocenters. The monoisotopic (exact) mass is 282 g/mol. The van der Waals surface area contributed by atoms with Gasteiger partial charge in [-0.2, -0.15) is 0 Å². The number of aliphatic carboxylic acids is 1. The zero-order chi connectivity index (χ0) is 14.2. The molecule has 0 unspecified atom stereocenters. The molecule has 0 aliphatic rings. The minimum Gasteiger partial charge on any atom is -0.481 e. The van der Waals surface area contributed by atoms with Gasteiger partial charge < -0.3 is 14.8 Å². The number of carboxylic acid groups (broad SMARTS) is 1. The third kappa shape index (κ3) is 2.72. The van der Waals surface area contributed by atoms with Crippen LogP contribution in [0.3, 0.4) is 0 Å². The molecule has 0 bridgehead atoms. The Bertz CT molecular complexity index is 622. The second-order valence-electron chi connectivity index (χ2n) is 4.68. The van der Waals surface area contributed by atoms with E-state index < -0.39 is 12.1 Å². The Balaban J connectivity index is 2.59. The lowest BCUT2D eigenvalue weighted by Gasteiger charge is -2.15. The summed E-state index contributed by atoms with van der Waals surface area (Å²) in [5.41, 5.74) is 1.49. The lowest BCUT2D eigenvalue weighted by atomic mass is 10.2. The summed E-state index contributed by atoms with van der Waals surface area (Å²) in [4.78, 5) is 15.0. The Labute approximate surface area is 115 Å². The average molecular weight is 283 g/mol. The van der Waals surface area contributed by atoms with Crippen LogP contribution in [0, 0.1) is 0 Å². The van der Waals surface area contributed by atoms with E-state index in [1.807, 2.05) is 24.5 Å². The van der Waals surface area contributed by atoms with E-state index in [2.05, 4.69) is 4.98 Å². The van der Waals surface area contributed by atoms with Crippen LogP contribution in [-0.4, -0.2) is 25.7 Å². The molecule has 0 saturated heterocycles. The van der Waals surface area contributed by atoms with Crippen molar-refractivity contribution in [2.24, 2.45) is 0 Å². The first kappa shape index (κ1) is 13.8. The standard InChI is InChI=1S/C13H15ClN2O3/c1-7(2)16-10-4-3-8(14)5-9(10)15-13(16)11(17)6-12(18)19/h3-5,7,11,17H,6H2,1-2H3,(H,18,19)/t11-/m0/s1. The minimum absolute atomic E-state index is 0.0598. The molecule has 0 fully saturated rings. The van der Waals surface area contributed by atoms with E-state index in [1.165, 1.54) is 0 Å². The molecule has 0 spiro atoms. The van der Waals surface area contributed by atoms with Crippen molar-refractivity contribution in [3.63, 3.8) is 0 Å². The summed E-state index contributed by atoms with van der Waals surface area (Å²) in [7, 11) is 0. The van der Waals surface area contributed by atoms with Gasteiger partial charge in [-0.15, -0.1) is 0 Å². The number of aliphatic hydroxyl groups excluding tert-OH is 1. The summed E-state index contributed by atoms with van der Waals surface area (Å²) in [6.07, 6.45) is -1.50. The van der Waals surface area contributed by atoms with Crippen molar-refractivity contribution in [1.29, 1.82) is 0 Å². The van der Waals surface area contributed by atoms with E-state index in [0.29, 0.717) is 16.4 Å². The number of nitrogens with zero attached hydrogens (tertiary/aromatic N) is 2. The van der Waals surface area contributed by atoms with Crippen molar-refractivity contribution in [3.8, 4) is 0 Å². The average Bonchev–Trinajstić information content (AvgIpc) is 2.66. The number of carboxylic acids is 1. The highest BCUT2D eigenvalue weighted by Gasteiger charge is 2.22. The predicted octanol–water partition coefficient (Wildman–Crippen LogP) is 2.78. The SMILES string of the molecule is CC(C)n1c([C@@H](O)CC(=O)O)nc2cc(Cl)ccc21. The third-order valence-corrected chi connectivity index (χ3v) is 3.10. The molecule has 1 aromatic carbocycles. The Morgan fingerprint density at radius 2 is 2.16 bits per heavy atom. The third-order valence-electron chi connectivity index (χ3n) is 2.86. The number of hydrogen-bond donors (Lipinski definition) is 2. The van der Waals surface area contributed by atoms with Crippen LogP contribution in [0.1, 0.15) is 38.2 Å². The maximum Gasteiger partial charge on any atom is 0.306 e. The van der Waals surface area contributed by atoms with Gasteiger partial charge in [0.25, 0.3) is 0 Å². The molecule has 0 radical (unpaired) electrons. The number of aromatic nitrogens is 2. The molecular weight excluding hydrogens is 268 g/mol. The molecular formula is C13H15ClN2O3. The molecule has 1 aromatic heterocycles. The molecule has 102 valence electrons. The number of carbonyl (C=O) groups is 1. The van der Waals surface area contributed by atoms with Gasteiger partial charge in [-0.3, -0.25) is 4.79 Å². The van der Waals surface area contributed by atoms with Crippen LogP contribution in [-0.2, 0) is 4.79 Å². The maximum absolute atomic E-state index is 10.7. The number of fused-ring (bicyclic) bond motifs is 1. The van der Waals surface area contributed by atoms with E-state index in [4.69, 9.17) is 16.7 Å². The van der Waals surface area contributed by atoms with Crippen LogP contribution < -0.4 is 0 Å². The van der Waals surface area contributed by atoms with Crippen LogP contribution in [0.5, 0.6) is 0 Å². The predicted molar refractivity (Wildman–Crippen MR) is 72.3 cm³/mol. The highest BCUT2D eigenvalue weighted by atomic mass is 35.5. The quantitative estimate of drug-likeness (QED) is 0.904. The van der Waals surface area contributed by atoms with Crippen LogP contribution >= 0.6 is 11.6 Å². The molecule has 2 rings (SSSR count). The summed E-state index contributed by atoms with van der Waals surface area (Å²) in [5, 5.41) is 19.3. The first-order valence-corrected chi connectivity index (χ1v) is 6.35. The summed E-state index contributed by atoms with van der Waals surface area (Å²) in [6, 6.07) is 5.33. The van der Waals surface area contributed by atoms with Gasteiger partial charge in [0.05, 0.1) is 17.5 Å². The molecule has 5 nitrogen and oxygen atoms in total. The Hall–Kier alpha value is -1.59.